The molecule has 0 aliphatic rings. The maximum absolute atomic E-state index is 10.9. The molecule has 0 aromatic heterocycles. The van der Waals surface area contributed by atoms with Crippen molar-refractivity contribution in [1.29, 1.82) is 0 Å². The molecular formula is C17H34O2Si. The third-order valence-electron chi connectivity index (χ3n) is 3.62. The highest BCUT2D eigenvalue weighted by Crippen LogP contribution is 2.19. The van der Waals surface area contributed by atoms with E-state index < -0.39 is 8.07 Å². The molecule has 20 heavy (non-hydrogen) atoms. The molecule has 0 amide bonds. The van der Waals surface area contributed by atoms with Gasteiger partial charge in [0.25, 0.3) is 0 Å². The molecule has 0 N–H and O–H groups in total. The topological polar surface area (TPSA) is 26.3 Å². The van der Waals surface area contributed by atoms with Gasteiger partial charge in [-0.15, -0.1) is 0 Å². The predicted octanol–water partition coefficient (Wildman–Crippen LogP) is 5.56. The molecular weight excluding hydrogens is 264 g/mol. The molecule has 2 nitrogen and oxygen atoms in total. The lowest BCUT2D eigenvalue weighted by Crippen LogP contribution is -2.18. The zero-order valence-electron chi connectivity index (χ0n) is 14.1. The largest absolute Gasteiger partial charge is 0.469 e. The quantitative estimate of drug-likeness (QED) is 0.204. The highest BCUT2D eigenvalue weighted by atomic mass is 28.3. The summed E-state index contributed by atoms with van der Waals surface area (Å²) in [5, 5.41) is 0. The number of hydrogen-bond acceptors (Lipinski definition) is 2. The molecule has 0 aliphatic heterocycles. The molecule has 0 aromatic carbocycles. The molecule has 0 atom stereocenters. The monoisotopic (exact) mass is 298 g/mol. The summed E-state index contributed by atoms with van der Waals surface area (Å²) in [5.41, 5.74) is 1.44. The zero-order chi connectivity index (χ0) is 15.4. The van der Waals surface area contributed by atoms with Crippen molar-refractivity contribution < 1.29 is 9.53 Å². The zero-order valence-corrected chi connectivity index (χ0v) is 15.1. The maximum atomic E-state index is 10.9. The van der Waals surface area contributed by atoms with Crippen LogP contribution in [-0.4, -0.2) is 21.2 Å². The number of rotatable bonds is 12. The Hall–Kier alpha value is -0.573. The van der Waals surface area contributed by atoms with E-state index in [1.165, 1.54) is 57.3 Å². The van der Waals surface area contributed by atoms with Gasteiger partial charge in [-0.25, -0.2) is 0 Å². The standard InChI is InChI=1S/C17H34O2Si/c1-16(14-15-20(3,4)5)12-10-8-6-7-9-11-13-17(18)19-2/h1,6-15H2,2-5H3. The normalized spacial score (nSPS) is 11.4. The van der Waals surface area contributed by atoms with Crippen LogP contribution in [0.3, 0.4) is 0 Å². The Kier molecular flexibility index (Phi) is 10.8. The third-order valence-corrected chi connectivity index (χ3v) is 5.37. The molecule has 3 heteroatoms. The summed E-state index contributed by atoms with van der Waals surface area (Å²) in [4.78, 5) is 10.9. The molecule has 0 saturated heterocycles. The van der Waals surface area contributed by atoms with Crippen LogP contribution < -0.4 is 0 Å². The minimum atomic E-state index is -0.901. The van der Waals surface area contributed by atoms with Gasteiger partial charge in [0.2, 0.25) is 0 Å². The van der Waals surface area contributed by atoms with Crippen molar-refractivity contribution in [2.75, 3.05) is 7.11 Å². The molecule has 0 aliphatic carbocycles. The molecule has 0 unspecified atom stereocenters. The molecule has 0 radical (unpaired) electrons. The Bertz CT molecular complexity index is 279. The van der Waals surface area contributed by atoms with Gasteiger partial charge in [0.15, 0.2) is 0 Å². The fourth-order valence-corrected chi connectivity index (χ4v) is 3.23. The lowest BCUT2D eigenvalue weighted by atomic mass is 10.0. The van der Waals surface area contributed by atoms with Crippen molar-refractivity contribution >= 4 is 14.0 Å². The highest BCUT2D eigenvalue weighted by Gasteiger charge is 2.12. The Morgan fingerprint density at radius 2 is 1.40 bits per heavy atom. The van der Waals surface area contributed by atoms with E-state index in [1.54, 1.807) is 0 Å². The van der Waals surface area contributed by atoms with Gasteiger partial charge < -0.3 is 4.74 Å². The van der Waals surface area contributed by atoms with Gasteiger partial charge in [0.05, 0.1) is 7.11 Å². The fraction of sp³-hybridized carbons (Fsp3) is 0.824. The molecule has 0 bridgehead atoms. The number of hydrogen-bond donors (Lipinski definition) is 0. The van der Waals surface area contributed by atoms with Gasteiger partial charge in [-0.05, 0) is 25.7 Å². The molecule has 0 spiro atoms. The van der Waals surface area contributed by atoms with Gasteiger partial charge in [0, 0.05) is 14.5 Å². The first-order valence-corrected chi connectivity index (χ1v) is 11.8. The Balaban J connectivity index is 3.31. The SMILES string of the molecule is C=C(CCCCCCCCC(=O)OC)CC[Si](C)(C)C. The van der Waals surface area contributed by atoms with E-state index in [0.29, 0.717) is 6.42 Å². The number of esters is 1. The van der Waals surface area contributed by atoms with Crippen LogP contribution in [0.4, 0.5) is 0 Å². The lowest BCUT2D eigenvalue weighted by Gasteiger charge is -2.16. The number of carbonyl (C=O) groups excluding carboxylic acids is 1. The van der Waals surface area contributed by atoms with E-state index in [-0.39, 0.29) is 5.97 Å². The van der Waals surface area contributed by atoms with E-state index >= 15 is 0 Å². The average molecular weight is 299 g/mol. The second-order valence-corrected chi connectivity index (χ2v) is 12.6. The summed E-state index contributed by atoms with van der Waals surface area (Å²) in [6.45, 7) is 11.5. The summed E-state index contributed by atoms with van der Waals surface area (Å²) in [6, 6.07) is 1.37. The summed E-state index contributed by atoms with van der Waals surface area (Å²) in [6.07, 6.45) is 10.2. The van der Waals surface area contributed by atoms with E-state index in [0.717, 1.165) is 12.8 Å². The number of methoxy groups -OCH3 is 1. The van der Waals surface area contributed by atoms with E-state index in [4.69, 9.17) is 0 Å². The van der Waals surface area contributed by atoms with Crippen LogP contribution >= 0.6 is 0 Å². The van der Waals surface area contributed by atoms with Crippen molar-refractivity contribution in [3.63, 3.8) is 0 Å². The number of unbranched alkanes of at least 4 members (excludes halogenated alkanes) is 5. The number of carbonyl (C=O) groups is 1. The summed E-state index contributed by atoms with van der Waals surface area (Å²) < 4.78 is 4.62. The maximum Gasteiger partial charge on any atom is 0.305 e. The molecule has 0 fully saturated rings. The average Bonchev–Trinajstić information content (AvgIpc) is 2.38. The van der Waals surface area contributed by atoms with Crippen LogP contribution in [0.1, 0.15) is 57.8 Å². The first-order valence-electron chi connectivity index (χ1n) is 8.08. The van der Waals surface area contributed by atoms with Crippen LogP contribution in [0.15, 0.2) is 12.2 Å². The Labute approximate surface area is 127 Å². The first-order chi connectivity index (χ1) is 9.35. The molecule has 0 saturated carbocycles. The summed E-state index contributed by atoms with van der Waals surface area (Å²) in [5.74, 6) is -0.0799. The van der Waals surface area contributed by atoms with Crippen molar-refractivity contribution in [1.82, 2.24) is 0 Å². The van der Waals surface area contributed by atoms with Crippen LogP contribution in [0, 0.1) is 0 Å². The van der Waals surface area contributed by atoms with E-state index in [9.17, 15) is 4.79 Å². The Morgan fingerprint density at radius 1 is 0.900 bits per heavy atom. The number of allylic oxidation sites excluding steroid dienone is 1. The van der Waals surface area contributed by atoms with Crippen molar-refractivity contribution in [2.24, 2.45) is 0 Å². The van der Waals surface area contributed by atoms with Gasteiger partial charge in [-0.2, -0.15) is 0 Å². The molecule has 118 valence electrons. The second-order valence-electron chi connectivity index (χ2n) is 7.01. The third kappa shape index (κ3) is 13.8. The van der Waals surface area contributed by atoms with Crippen LogP contribution in [0.2, 0.25) is 25.7 Å². The Morgan fingerprint density at radius 3 is 1.90 bits per heavy atom. The van der Waals surface area contributed by atoms with Crippen LogP contribution in [-0.2, 0) is 9.53 Å². The van der Waals surface area contributed by atoms with Crippen molar-refractivity contribution in [2.45, 2.75) is 83.5 Å². The summed E-state index contributed by atoms with van der Waals surface area (Å²) >= 11 is 0. The molecule has 0 aromatic rings. The highest BCUT2D eigenvalue weighted by molar-refractivity contribution is 6.76. The van der Waals surface area contributed by atoms with Crippen LogP contribution in [0.5, 0.6) is 0 Å². The van der Waals surface area contributed by atoms with E-state index in [1.807, 2.05) is 0 Å². The lowest BCUT2D eigenvalue weighted by molar-refractivity contribution is -0.140. The molecule has 0 heterocycles. The van der Waals surface area contributed by atoms with E-state index in [2.05, 4.69) is 31.0 Å². The van der Waals surface area contributed by atoms with Crippen molar-refractivity contribution in [3.8, 4) is 0 Å². The van der Waals surface area contributed by atoms with Crippen LogP contribution in [0.25, 0.3) is 0 Å². The predicted molar refractivity (Wildman–Crippen MR) is 90.9 cm³/mol. The molecule has 0 rings (SSSR count). The minimum absolute atomic E-state index is 0.0799. The minimum Gasteiger partial charge on any atom is -0.469 e. The van der Waals surface area contributed by atoms with Gasteiger partial charge in [-0.1, -0.05) is 63.5 Å². The second kappa shape index (κ2) is 11.1. The van der Waals surface area contributed by atoms with Gasteiger partial charge in [0.1, 0.15) is 0 Å². The van der Waals surface area contributed by atoms with Gasteiger partial charge >= 0.3 is 5.97 Å². The fourth-order valence-electron chi connectivity index (χ4n) is 2.13. The first kappa shape index (κ1) is 19.4. The van der Waals surface area contributed by atoms with Crippen molar-refractivity contribution in [3.05, 3.63) is 12.2 Å². The summed E-state index contributed by atoms with van der Waals surface area (Å²) in [7, 11) is 0.555. The number of ether oxygens (including phenoxy) is 1. The smallest absolute Gasteiger partial charge is 0.305 e. The van der Waals surface area contributed by atoms with Gasteiger partial charge in [-0.3, -0.25) is 4.79 Å².